The van der Waals surface area contributed by atoms with Crippen molar-refractivity contribution in [3.63, 3.8) is 0 Å². The summed E-state index contributed by atoms with van der Waals surface area (Å²) in [5.41, 5.74) is 8.33. The molecule has 0 saturated carbocycles. The van der Waals surface area contributed by atoms with Gasteiger partial charge in [0.15, 0.2) is 0 Å². The van der Waals surface area contributed by atoms with Gasteiger partial charge in [0, 0.05) is 24.0 Å². The van der Waals surface area contributed by atoms with E-state index in [1.54, 1.807) is 5.51 Å². The highest BCUT2D eigenvalue weighted by Crippen LogP contribution is 2.28. The van der Waals surface area contributed by atoms with Crippen LogP contribution >= 0.6 is 11.3 Å². The van der Waals surface area contributed by atoms with Gasteiger partial charge in [-0.2, -0.15) is 0 Å². The Morgan fingerprint density at radius 3 is 2.64 bits per heavy atom. The van der Waals surface area contributed by atoms with Gasteiger partial charge in [-0.1, -0.05) is 41.7 Å². The van der Waals surface area contributed by atoms with Gasteiger partial charge in [-0.05, 0) is 47.0 Å². The number of anilines is 2. The maximum absolute atomic E-state index is 11.4. The van der Waals surface area contributed by atoms with Gasteiger partial charge < -0.3 is 5.32 Å². The Kier molecular flexibility index (Phi) is 5.63. The highest BCUT2D eigenvalue weighted by Gasteiger charge is 2.10. The first kappa shape index (κ1) is 21.3. The average molecular weight is 477 g/mol. The lowest BCUT2D eigenvalue weighted by atomic mass is 10.0. The number of nitrogens with one attached hydrogen (secondary N) is 2. The molecule has 33 heavy (non-hydrogen) atoms. The van der Waals surface area contributed by atoms with Gasteiger partial charge in [0.2, 0.25) is 15.2 Å². The fourth-order valence-electron chi connectivity index (χ4n) is 3.56. The van der Waals surface area contributed by atoms with Gasteiger partial charge in [-0.15, -0.1) is 10.2 Å². The van der Waals surface area contributed by atoms with Gasteiger partial charge in [0.05, 0.1) is 18.1 Å². The molecule has 0 radical (unpaired) electrons. The second kappa shape index (κ2) is 8.74. The van der Waals surface area contributed by atoms with Crippen molar-refractivity contribution in [2.24, 2.45) is 0 Å². The summed E-state index contributed by atoms with van der Waals surface area (Å²) in [6.45, 7) is 0.254. The number of fused-ring (bicyclic) bond motifs is 1. The Bertz CT molecular complexity index is 1530. The lowest BCUT2D eigenvalue weighted by molar-refractivity contribution is 0.587. The first-order chi connectivity index (χ1) is 15.9. The average Bonchev–Trinajstić information content (AvgIpc) is 3.47. The molecule has 2 N–H and O–H groups in total. The fourth-order valence-corrected chi connectivity index (χ4v) is 4.45. The number of imidazole rings is 1. The summed E-state index contributed by atoms with van der Waals surface area (Å²) >= 11 is 1.44. The summed E-state index contributed by atoms with van der Waals surface area (Å²) in [7, 11) is -3.24. The Morgan fingerprint density at radius 1 is 1.00 bits per heavy atom. The zero-order valence-corrected chi connectivity index (χ0v) is 19.3. The summed E-state index contributed by atoms with van der Waals surface area (Å²) in [6.07, 6.45) is 5.01. The van der Waals surface area contributed by atoms with Crippen LogP contribution in [0.3, 0.4) is 0 Å². The SMILES string of the molecule is CS(=O)(=O)NCc1cccc(-c2ccn3c(-c4cccc(Nc5nncs5)c4)cnc3c2)c1. The number of aromatic nitrogens is 4. The summed E-state index contributed by atoms with van der Waals surface area (Å²) in [4.78, 5) is 4.61. The molecule has 0 spiro atoms. The van der Waals surface area contributed by atoms with E-state index in [4.69, 9.17) is 0 Å². The van der Waals surface area contributed by atoms with Crippen molar-refractivity contribution in [1.29, 1.82) is 0 Å². The minimum Gasteiger partial charge on any atom is -0.330 e. The van der Waals surface area contributed by atoms with E-state index in [1.807, 2.05) is 71.4 Å². The molecule has 0 unspecified atom stereocenters. The molecule has 0 aliphatic rings. The second-order valence-electron chi connectivity index (χ2n) is 7.53. The van der Waals surface area contributed by atoms with Crippen LogP contribution in [0.15, 0.2) is 78.6 Å². The van der Waals surface area contributed by atoms with Crippen molar-refractivity contribution >= 4 is 37.8 Å². The van der Waals surface area contributed by atoms with Gasteiger partial charge in [-0.25, -0.2) is 18.1 Å². The first-order valence-electron chi connectivity index (χ1n) is 10.1. The van der Waals surface area contributed by atoms with E-state index >= 15 is 0 Å². The van der Waals surface area contributed by atoms with E-state index in [9.17, 15) is 8.42 Å². The molecule has 0 aliphatic heterocycles. The number of rotatable bonds is 7. The third-order valence-electron chi connectivity index (χ3n) is 5.08. The molecule has 5 rings (SSSR count). The van der Waals surface area contributed by atoms with Crippen LogP contribution in [0.1, 0.15) is 5.56 Å². The highest BCUT2D eigenvalue weighted by molar-refractivity contribution is 7.88. The summed E-state index contributed by atoms with van der Waals surface area (Å²) < 4.78 is 27.4. The van der Waals surface area contributed by atoms with Crippen molar-refractivity contribution in [3.05, 3.63) is 84.1 Å². The van der Waals surface area contributed by atoms with Crippen molar-refractivity contribution in [2.45, 2.75) is 6.54 Å². The number of benzene rings is 2. The van der Waals surface area contributed by atoms with Crippen LogP contribution in [-0.4, -0.2) is 34.3 Å². The number of sulfonamides is 1. The second-order valence-corrected chi connectivity index (χ2v) is 10.2. The minimum atomic E-state index is -3.24. The van der Waals surface area contributed by atoms with Gasteiger partial charge in [0.1, 0.15) is 11.2 Å². The predicted molar refractivity (Wildman–Crippen MR) is 131 cm³/mol. The molecule has 0 amide bonds. The van der Waals surface area contributed by atoms with Crippen LogP contribution in [0.4, 0.5) is 10.8 Å². The molecule has 166 valence electrons. The number of hydrogen-bond donors (Lipinski definition) is 2. The molecule has 2 aromatic carbocycles. The molecule has 0 atom stereocenters. The zero-order chi connectivity index (χ0) is 22.8. The van der Waals surface area contributed by atoms with Crippen molar-refractivity contribution < 1.29 is 8.42 Å². The number of nitrogens with zero attached hydrogens (tertiary/aromatic N) is 4. The normalized spacial score (nSPS) is 11.7. The minimum absolute atomic E-state index is 0.254. The molecular formula is C23H20N6O2S2. The van der Waals surface area contributed by atoms with Gasteiger partial charge >= 0.3 is 0 Å². The fraction of sp³-hybridized carbons (Fsp3) is 0.0870. The van der Waals surface area contributed by atoms with Crippen LogP contribution in [0.2, 0.25) is 0 Å². The molecule has 0 aliphatic carbocycles. The monoisotopic (exact) mass is 476 g/mol. The quantitative estimate of drug-likeness (QED) is 0.363. The molecule has 0 saturated heterocycles. The van der Waals surface area contributed by atoms with E-state index in [0.717, 1.165) is 50.7 Å². The van der Waals surface area contributed by atoms with Crippen LogP contribution in [0.25, 0.3) is 28.0 Å². The topological polar surface area (TPSA) is 101 Å². The highest BCUT2D eigenvalue weighted by atomic mass is 32.2. The Hall–Kier alpha value is -3.60. The molecule has 5 aromatic rings. The summed E-state index contributed by atoms with van der Waals surface area (Å²) in [5, 5.41) is 11.9. The number of hydrogen-bond acceptors (Lipinski definition) is 7. The van der Waals surface area contributed by atoms with E-state index in [1.165, 1.54) is 11.3 Å². The van der Waals surface area contributed by atoms with Crippen LogP contribution in [0.5, 0.6) is 0 Å². The van der Waals surface area contributed by atoms with Crippen molar-refractivity contribution in [2.75, 3.05) is 11.6 Å². The molecule has 0 bridgehead atoms. The predicted octanol–water partition coefficient (Wildman–Crippen LogP) is 4.31. The Morgan fingerprint density at radius 2 is 1.82 bits per heavy atom. The van der Waals surface area contributed by atoms with Gasteiger partial charge in [0.25, 0.3) is 0 Å². The third kappa shape index (κ3) is 4.92. The molecule has 3 aromatic heterocycles. The first-order valence-corrected chi connectivity index (χ1v) is 12.9. The lowest BCUT2D eigenvalue weighted by Gasteiger charge is -2.08. The van der Waals surface area contributed by atoms with Crippen molar-refractivity contribution in [1.82, 2.24) is 24.3 Å². The summed E-state index contributed by atoms with van der Waals surface area (Å²) in [5.74, 6) is 0. The Balaban J connectivity index is 1.43. The molecule has 8 nitrogen and oxygen atoms in total. The van der Waals surface area contributed by atoms with Crippen LogP contribution < -0.4 is 10.0 Å². The summed E-state index contributed by atoms with van der Waals surface area (Å²) in [6, 6.07) is 19.9. The third-order valence-corrected chi connectivity index (χ3v) is 6.36. The molecule has 10 heteroatoms. The van der Waals surface area contributed by atoms with E-state index in [-0.39, 0.29) is 6.54 Å². The van der Waals surface area contributed by atoms with Crippen LogP contribution in [0, 0.1) is 0 Å². The van der Waals surface area contributed by atoms with E-state index < -0.39 is 10.0 Å². The maximum Gasteiger partial charge on any atom is 0.209 e. The zero-order valence-electron chi connectivity index (χ0n) is 17.6. The Labute approximate surface area is 195 Å². The van der Waals surface area contributed by atoms with Crippen molar-refractivity contribution in [3.8, 4) is 22.4 Å². The molecule has 3 heterocycles. The maximum atomic E-state index is 11.4. The largest absolute Gasteiger partial charge is 0.330 e. The standard InChI is InChI=1S/C23H20N6O2S2/c1-33(30,31)26-13-16-4-2-5-17(10-16)18-8-9-29-21(14-24-22(29)12-18)19-6-3-7-20(11-19)27-23-28-25-15-32-23/h2-12,14-15,26H,13H2,1H3,(H,27,28). The van der Waals surface area contributed by atoms with E-state index in [0.29, 0.717) is 0 Å². The van der Waals surface area contributed by atoms with Crippen LogP contribution in [-0.2, 0) is 16.6 Å². The molecular weight excluding hydrogens is 456 g/mol. The lowest BCUT2D eigenvalue weighted by Crippen LogP contribution is -2.21. The van der Waals surface area contributed by atoms with Gasteiger partial charge in [-0.3, -0.25) is 4.40 Å². The smallest absolute Gasteiger partial charge is 0.209 e. The molecule has 0 fully saturated rings. The number of pyridine rings is 1. The van der Waals surface area contributed by atoms with E-state index in [2.05, 4.69) is 31.3 Å².